The van der Waals surface area contributed by atoms with Crippen molar-refractivity contribution in [1.82, 2.24) is 15.1 Å². The molecule has 1 heterocycles. The highest BCUT2D eigenvalue weighted by molar-refractivity contribution is 6.01. The molecule has 31 heavy (non-hydrogen) atoms. The highest BCUT2D eigenvalue weighted by atomic mass is 19.1. The Hall–Kier alpha value is -3.74. The number of hydrogen-bond donors (Lipinski definition) is 2. The van der Waals surface area contributed by atoms with Crippen molar-refractivity contribution in [2.45, 2.75) is 19.9 Å². The maximum Gasteiger partial charge on any atom is 0.257 e. The number of nitrogens with zero attached hydrogens (tertiary/aromatic N) is 2. The summed E-state index contributed by atoms with van der Waals surface area (Å²) < 4.78 is 27.1. The Bertz CT molecular complexity index is 1280. The molecule has 3 aromatic carbocycles. The smallest absolute Gasteiger partial charge is 0.257 e. The highest BCUT2D eigenvalue weighted by Gasteiger charge is 2.20. The number of H-pyrrole nitrogens is 1. The van der Waals surface area contributed by atoms with E-state index in [1.165, 1.54) is 24.1 Å². The van der Waals surface area contributed by atoms with E-state index in [0.717, 1.165) is 34.3 Å². The molecule has 2 N–H and O–H groups in total. The number of rotatable bonds is 5. The number of phenolic OH excluding ortho intramolecular Hbond substituents is 1. The standard InChI is InChI=1S/C24H21F2N3O2/c1-14-4-3-5-15(8-14)9-21-18-11-19(23(30)12-22(18)28-27-21)24(31)29(2)13-16-6-7-17(25)10-20(16)26/h3-8,10-12,30H,9,13H2,1-2H3,(H,27,28). The van der Waals surface area contributed by atoms with Gasteiger partial charge >= 0.3 is 0 Å². The molecular formula is C24H21F2N3O2. The Kier molecular flexibility index (Phi) is 5.42. The van der Waals surface area contributed by atoms with E-state index >= 15 is 0 Å². The third kappa shape index (κ3) is 4.26. The number of fused-ring (bicyclic) bond motifs is 1. The van der Waals surface area contributed by atoms with E-state index in [-0.39, 0.29) is 23.4 Å². The lowest BCUT2D eigenvalue weighted by molar-refractivity contribution is 0.0781. The minimum absolute atomic E-state index is 0.0655. The second-order valence-electron chi connectivity index (χ2n) is 7.65. The monoisotopic (exact) mass is 421 g/mol. The van der Waals surface area contributed by atoms with Gasteiger partial charge in [-0.15, -0.1) is 0 Å². The van der Waals surface area contributed by atoms with Crippen LogP contribution in [0.4, 0.5) is 8.78 Å². The van der Waals surface area contributed by atoms with Crippen molar-refractivity contribution in [3.05, 3.63) is 94.2 Å². The molecule has 158 valence electrons. The van der Waals surface area contributed by atoms with Crippen LogP contribution in [0.2, 0.25) is 0 Å². The zero-order chi connectivity index (χ0) is 22.1. The molecule has 0 radical (unpaired) electrons. The number of amides is 1. The highest BCUT2D eigenvalue weighted by Crippen LogP contribution is 2.28. The molecule has 7 heteroatoms. The van der Waals surface area contributed by atoms with Gasteiger partial charge in [0, 0.05) is 48.8 Å². The van der Waals surface area contributed by atoms with E-state index in [2.05, 4.69) is 16.3 Å². The molecule has 0 aliphatic heterocycles. The van der Waals surface area contributed by atoms with Crippen LogP contribution in [0.25, 0.3) is 10.9 Å². The second-order valence-corrected chi connectivity index (χ2v) is 7.65. The van der Waals surface area contributed by atoms with E-state index in [1.54, 1.807) is 6.07 Å². The first kappa shape index (κ1) is 20.5. The molecule has 0 aliphatic rings. The minimum atomic E-state index is -0.727. The van der Waals surface area contributed by atoms with Gasteiger partial charge in [0.15, 0.2) is 0 Å². The number of aromatic amines is 1. The molecule has 0 fully saturated rings. The largest absolute Gasteiger partial charge is 0.507 e. The SMILES string of the molecule is Cc1cccc(Cc2[nH]nc3cc(O)c(C(=O)N(C)Cc4ccc(F)cc4F)cc23)c1. The van der Waals surface area contributed by atoms with E-state index in [4.69, 9.17) is 0 Å². The molecule has 0 spiro atoms. The van der Waals surface area contributed by atoms with Gasteiger partial charge in [0.2, 0.25) is 0 Å². The Morgan fingerprint density at radius 1 is 1.13 bits per heavy atom. The Balaban J connectivity index is 1.63. The van der Waals surface area contributed by atoms with Crippen LogP contribution in [-0.2, 0) is 13.0 Å². The molecule has 1 amide bonds. The van der Waals surface area contributed by atoms with Crippen molar-refractivity contribution in [2.75, 3.05) is 7.05 Å². The summed E-state index contributed by atoms with van der Waals surface area (Å²) in [6.45, 7) is 1.95. The Labute approximate surface area is 177 Å². The second kappa shape index (κ2) is 8.18. The first-order chi connectivity index (χ1) is 14.8. The minimum Gasteiger partial charge on any atom is -0.507 e. The number of hydrogen-bond acceptors (Lipinski definition) is 3. The van der Waals surface area contributed by atoms with Crippen molar-refractivity contribution in [3.63, 3.8) is 0 Å². The molecule has 4 aromatic rings. The van der Waals surface area contributed by atoms with Gasteiger partial charge < -0.3 is 10.0 Å². The van der Waals surface area contributed by atoms with E-state index in [1.807, 2.05) is 25.1 Å². The fourth-order valence-electron chi connectivity index (χ4n) is 3.61. The number of nitrogens with one attached hydrogen (secondary N) is 1. The van der Waals surface area contributed by atoms with Gasteiger partial charge in [0.25, 0.3) is 5.91 Å². The third-order valence-corrected chi connectivity index (χ3v) is 5.21. The summed E-state index contributed by atoms with van der Waals surface area (Å²) in [5.41, 5.74) is 3.87. The summed E-state index contributed by atoms with van der Waals surface area (Å²) in [6, 6.07) is 14.3. The van der Waals surface area contributed by atoms with E-state index < -0.39 is 17.5 Å². The normalized spacial score (nSPS) is 11.1. The first-order valence-electron chi connectivity index (χ1n) is 9.76. The van der Waals surface area contributed by atoms with Gasteiger partial charge in [-0.2, -0.15) is 5.10 Å². The zero-order valence-electron chi connectivity index (χ0n) is 17.1. The van der Waals surface area contributed by atoms with Gasteiger partial charge in [-0.05, 0) is 24.6 Å². The van der Waals surface area contributed by atoms with Crippen LogP contribution in [0.15, 0.2) is 54.6 Å². The van der Waals surface area contributed by atoms with Crippen molar-refractivity contribution >= 4 is 16.8 Å². The van der Waals surface area contributed by atoms with Crippen LogP contribution < -0.4 is 0 Å². The molecule has 0 aliphatic carbocycles. The fourth-order valence-corrected chi connectivity index (χ4v) is 3.61. The molecule has 0 saturated carbocycles. The van der Waals surface area contributed by atoms with Crippen molar-refractivity contribution in [3.8, 4) is 5.75 Å². The van der Waals surface area contributed by atoms with Crippen LogP contribution in [-0.4, -0.2) is 33.2 Å². The van der Waals surface area contributed by atoms with Crippen LogP contribution in [0, 0.1) is 18.6 Å². The summed E-state index contributed by atoms with van der Waals surface area (Å²) >= 11 is 0. The quantitative estimate of drug-likeness (QED) is 0.490. The fraction of sp³-hybridized carbons (Fsp3) is 0.167. The number of carbonyl (C=O) groups is 1. The summed E-state index contributed by atoms with van der Waals surface area (Å²) in [6.07, 6.45) is 0.590. The first-order valence-corrected chi connectivity index (χ1v) is 9.76. The van der Waals surface area contributed by atoms with Crippen LogP contribution in [0.3, 0.4) is 0 Å². The number of benzene rings is 3. The number of aryl methyl sites for hydroxylation is 1. The topological polar surface area (TPSA) is 69.2 Å². The lowest BCUT2D eigenvalue weighted by Gasteiger charge is -2.18. The lowest BCUT2D eigenvalue weighted by atomic mass is 10.0. The molecule has 5 nitrogen and oxygen atoms in total. The molecule has 0 unspecified atom stereocenters. The lowest BCUT2D eigenvalue weighted by Crippen LogP contribution is -2.26. The van der Waals surface area contributed by atoms with E-state index in [9.17, 15) is 18.7 Å². The number of phenols is 1. The van der Waals surface area contributed by atoms with Crippen LogP contribution in [0.5, 0.6) is 5.75 Å². The molecular weight excluding hydrogens is 400 g/mol. The van der Waals surface area contributed by atoms with E-state index in [0.29, 0.717) is 11.9 Å². The van der Waals surface area contributed by atoms with Crippen LogP contribution in [0.1, 0.15) is 32.7 Å². The van der Waals surface area contributed by atoms with Gasteiger partial charge in [-0.25, -0.2) is 8.78 Å². The van der Waals surface area contributed by atoms with Crippen molar-refractivity contribution in [2.24, 2.45) is 0 Å². The molecule has 0 bridgehead atoms. The van der Waals surface area contributed by atoms with Gasteiger partial charge in [-0.3, -0.25) is 9.89 Å². The summed E-state index contributed by atoms with van der Waals surface area (Å²) in [7, 11) is 1.50. The van der Waals surface area contributed by atoms with Crippen molar-refractivity contribution in [1.29, 1.82) is 0 Å². The maximum atomic E-state index is 14.0. The molecule has 0 atom stereocenters. The number of carbonyl (C=O) groups excluding carboxylic acids is 1. The summed E-state index contributed by atoms with van der Waals surface area (Å²) in [5.74, 6) is -2.10. The Morgan fingerprint density at radius 2 is 1.94 bits per heavy atom. The van der Waals surface area contributed by atoms with Gasteiger partial charge in [-0.1, -0.05) is 35.9 Å². The Morgan fingerprint density at radius 3 is 2.68 bits per heavy atom. The number of aromatic hydroxyl groups is 1. The van der Waals surface area contributed by atoms with Gasteiger partial charge in [0.1, 0.15) is 17.4 Å². The summed E-state index contributed by atoms with van der Waals surface area (Å²) in [5, 5.41) is 18.3. The number of aromatic nitrogens is 2. The molecule has 1 aromatic heterocycles. The average molecular weight is 421 g/mol. The molecule has 4 rings (SSSR count). The van der Waals surface area contributed by atoms with Crippen LogP contribution >= 0.6 is 0 Å². The summed E-state index contributed by atoms with van der Waals surface area (Å²) in [4.78, 5) is 14.2. The van der Waals surface area contributed by atoms with Gasteiger partial charge in [0.05, 0.1) is 11.1 Å². The zero-order valence-corrected chi connectivity index (χ0v) is 17.1. The maximum absolute atomic E-state index is 14.0. The predicted molar refractivity (Wildman–Crippen MR) is 114 cm³/mol. The van der Waals surface area contributed by atoms with Crippen molar-refractivity contribution < 1.29 is 18.7 Å². The predicted octanol–water partition coefficient (Wildman–Crippen LogP) is 4.72. The average Bonchev–Trinajstić information content (AvgIpc) is 3.10. The number of halogens is 2. The third-order valence-electron chi connectivity index (χ3n) is 5.21. The molecule has 0 saturated heterocycles.